The molecule has 4 heteroatoms. The largest absolute Gasteiger partial charge is 0.378 e. The number of aryl methyl sites for hydroxylation is 1. The number of ketones is 1. The van der Waals surface area contributed by atoms with Crippen LogP contribution in [0, 0.1) is 6.92 Å². The molecule has 1 saturated heterocycles. The molecule has 1 aliphatic heterocycles. The molecule has 1 unspecified atom stereocenters. The number of anilines is 1. The molecule has 3 aromatic rings. The molecule has 0 amide bonds. The first-order valence-corrected chi connectivity index (χ1v) is 10.1. The minimum Gasteiger partial charge on any atom is -0.378 e. The fraction of sp³-hybridized carbons (Fsp3) is 0.280. The zero-order chi connectivity index (χ0) is 20.1. The Hall–Kier alpha value is -2.98. The van der Waals surface area contributed by atoms with Gasteiger partial charge in [0.25, 0.3) is 0 Å². The number of Topliss-reactive ketones (excluding diaryl/α,β-unsaturated/α-hetero) is 1. The van der Waals surface area contributed by atoms with Crippen molar-refractivity contribution in [1.29, 1.82) is 0 Å². The second-order valence-electron chi connectivity index (χ2n) is 7.48. The van der Waals surface area contributed by atoms with Crippen molar-refractivity contribution in [2.45, 2.75) is 19.3 Å². The van der Waals surface area contributed by atoms with Gasteiger partial charge in [0.05, 0.1) is 19.1 Å². The van der Waals surface area contributed by atoms with Crippen molar-refractivity contribution in [2.24, 2.45) is 0 Å². The average molecular weight is 386 g/mol. The van der Waals surface area contributed by atoms with Gasteiger partial charge in [-0.1, -0.05) is 36.4 Å². The SMILES string of the molecule is Cc1ccccc1C(C(=O)Cc1ccncc1)c1ccc(N2CCOCC2)cc1. The van der Waals surface area contributed by atoms with Gasteiger partial charge in [0.1, 0.15) is 5.78 Å². The highest BCUT2D eigenvalue weighted by Gasteiger charge is 2.24. The number of benzene rings is 2. The molecule has 29 heavy (non-hydrogen) atoms. The highest BCUT2D eigenvalue weighted by Crippen LogP contribution is 2.31. The van der Waals surface area contributed by atoms with Crippen LogP contribution in [0.5, 0.6) is 0 Å². The Morgan fingerprint density at radius 3 is 2.38 bits per heavy atom. The number of hydrogen-bond donors (Lipinski definition) is 0. The zero-order valence-electron chi connectivity index (χ0n) is 16.8. The highest BCUT2D eigenvalue weighted by atomic mass is 16.5. The van der Waals surface area contributed by atoms with Crippen molar-refractivity contribution < 1.29 is 9.53 Å². The van der Waals surface area contributed by atoms with Gasteiger partial charge in [0.15, 0.2) is 0 Å². The van der Waals surface area contributed by atoms with Crippen LogP contribution < -0.4 is 4.90 Å². The quantitative estimate of drug-likeness (QED) is 0.638. The monoisotopic (exact) mass is 386 g/mol. The summed E-state index contributed by atoms with van der Waals surface area (Å²) in [6.45, 7) is 5.41. The lowest BCUT2D eigenvalue weighted by atomic mass is 9.83. The van der Waals surface area contributed by atoms with Crippen LogP contribution >= 0.6 is 0 Å². The maximum Gasteiger partial charge on any atom is 0.149 e. The van der Waals surface area contributed by atoms with Gasteiger partial charge in [-0.3, -0.25) is 9.78 Å². The fourth-order valence-electron chi connectivity index (χ4n) is 3.95. The van der Waals surface area contributed by atoms with Crippen LogP contribution in [0.3, 0.4) is 0 Å². The Bertz CT molecular complexity index is 948. The summed E-state index contributed by atoms with van der Waals surface area (Å²) >= 11 is 0. The molecule has 1 atom stereocenters. The molecule has 2 heterocycles. The molecular formula is C25H26N2O2. The third-order valence-corrected chi connectivity index (χ3v) is 5.55. The van der Waals surface area contributed by atoms with Crippen LogP contribution in [0.2, 0.25) is 0 Å². The van der Waals surface area contributed by atoms with Gasteiger partial charge in [-0.25, -0.2) is 0 Å². The van der Waals surface area contributed by atoms with Crippen LogP contribution in [0.1, 0.15) is 28.2 Å². The third-order valence-electron chi connectivity index (χ3n) is 5.55. The van der Waals surface area contributed by atoms with Gasteiger partial charge in [0.2, 0.25) is 0 Å². The smallest absolute Gasteiger partial charge is 0.149 e. The Morgan fingerprint density at radius 2 is 1.69 bits per heavy atom. The van der Waals surface area contributed by atoms with Crippen LogP contribution in [0.15, 0.2) is 73.1 Å². The number of aromatic nitrogens is 1. The number of ether oxygens (including phenoxy) is 1. The maximum atomic E-state index is 13.4. The van der Waals surface area contributed by atoms with Gasteiger partial charge in [-0.05, 0) is 53.4 Å². The number of carbonyl (C=O) groups is 1. The Morgan fingerprint density at radius 1 is 1.00 bits per heavy atom. The van der Waals surface area contributed by atoms with Gasteiger partial charge < -0.3 is 9.64 Å². The molecule has 1 fully saturated rings. The van der Waals surface area contributed by atoms with Crippen molar-refractivity contribution >= 4 is 11.5 Å². The molecule has 0 saturated carbocycles. The number of morpholine rings is 1. The van der Waals surface area contributed by atoms with E-state index < -0.39 is 0 Å². The van der Waals surface area contributed by atoms with Gasteiger partial charge >= 0.3 is 0 Å². The molecule has 1 aliphatic rings. The summed E-state index contributed by atoms with van der Waals surface area (Å²) in [7, 11) is 0. The number of nitrogens with zero attached hydrogens (tertiary/aromatic N) is 2. The molecule has 0 spiro atoms. The van der Waals surface area contributed by atoms with Crippen LogP contribution in [-0.2, 0) is 16.0 Å². The predicted octanol–water partition coefficient (Wildman–Crippen LogP) is 4.17. The summed E-state index contributed by atoms with van der Waals surface area (Å²) in [6, 6.07) is 20.5. The van der Waals surface area contributed by atoms with Crippen LogP contribution in [-0.4, -0.2) is 37.1 Å². The van der Waals surface area contributed by atoms with E-state index >= 15 is 0 Å². The van der Waals surface area contributed by atoms with E-state index in [0.29, 0.717) is 6.42 Å². The van der Waals surface area contributed by atoms with Gasteiger partial charge in [-0.15, -0.1) is 0 Å². The second-order valence-corrected chi connectivity index (χ2v) is 7.48. The summed E-state index contributed by atoms with van der Waals surface area (Å²) in [5, 5.41) is 0. The lowest BCUT2D eigenvalue weighted by Crippen LogP contribution is -2.36. The van der Waals surface area contributed by atoms with Crippen molar-refractivity contribution in [1.82, 2.24) is 4.98 Å². The number of carbonyl (C=O) groups excluding carboxylic acids is 1. The Labute approximate surface area is 172 Å². The van der Waals surface area contributed by atoms with Gasteiger partial charge in [-0.2, -0.15) is 0 Å². The lowest BCUT2D eigenvalue weighted by molar-refractivity contribution is -0.119. The predicted molar refractivity (Wildman–Crippen MR) is 115 cm³/mol. The van der Waals surface area contributed by atoms with Crippen molar-refractivity contribution in [2.75, 3.05) is 31.2 Å². The molecule has 0 bridgehead atoms. The average Bonchev–Trinajstić information content (AvgIpc) is 2.77. The van der Waals surface area contributed by atoms with Crippen molar-refractivity contribution in [3.8, 4) is 0 Å². The summed E-state index contributed by atoms with van der Waals surface area (Å²) in [6.07, 6.45) is 3.87. The summed E-state index contributed by atoms with van der Waals surface area (Å²) in [5.74, 6) is -0.0762. The summed E-state index contributed by atoms with van der Waals surface area (Å²) in [4.78, 5) is 19.8. The molecule has 148 valence electrons. The van der Waals surface area contributed by atoms with E-state index in [1.54, 1.807) is 12.4 Å². The molecular weight excluding hydrogens is 360 g/mol. The third kappa shape index (κ3) is 4.54. The standard InChI is InChI=1S/C25H26N2O2/c1-19-4-2-3-5-23(19)25(24(28)18-20-10-12-26-13-11-20)21-6-8-22(9-7-21)27-14-16-29-17-15-27/h2-13,25H,14-18H2,1H3. The summed E-state index contributed by atoms with van der Waals surface area (Å²) in [5.41, 5.74) is 5.43. The van der Waals surface area contributed by atoms with E-state index in [9.17, 15) is 4.79 Å². The minimum atomic E-state index is -0.275. The second kappa shape index (κ2) is 9.01. The summed E-state index contributed by atoms with van der Waals surface area (Å²) < 4.78 is 5.45. The van der Waals surface area contributed by atoms with Crippen LogP contribution in [0.25, 0.3) is 0 Å². The number of rotatable bonds is 6. The van der Waals surface area contributed by atoms with Crippen LogP contribution in [0.4, 0.5) is 5.69 Å². The van der Waals surface area contributed by atoms with Crippen molar-refractivity contribution in [3.63, 3.8) is 0 Å². The number of hydrogen-bond acceptors (Lipinski definition) is 4. The molecule has 0 aliphatic carbocycles. The van der Waals surface area contributed by atoms with E-state index in [4.69, 9.17) is 4.74 Å². The fourth-order valence-corrected chi connectivity index (χ4v) is 3.95. The normalized spacial score (nSPS) is 15.1. The van der Waals surface area contributed by atoms with E-state index in [-0.39, 0.29) is 11.7 Å². The minimum absolute atomic E-state index is 0.199. The van der Waals surface area contributed by atoms with E-state index in [1.807, 2.05) is 24.3 Å². The first kappa shape index (κ1) is 19.3. The lowest BCUT2D eigenvalue weighted by Gasteiger charge is -2.29. The molecule has 2 aromatic carbocycles. The molecule has 0 radical (unpaired) electrons. The van der Waals surface area contributed by atoms with E-state index in [2.05, 4.69) is 53.2 Å². The van der Waals surface area contributed by atoms with Gasteiger partial charge in [0, 0.05) is 37.6 Å². The Kier molecular flexibility index (Phi) is 6.01. The van der Waals surface area contributed by atoms with Crippen molar-refractivity contribution in [3.05, 3.63) is 95.3 Å². The van der Waals surface area contributed by atoms with E-state index in [1.165, 1.54) is 5.69 Å². The first-order chi connectivity index (χ1) is 14.2. The maximum absolute atomic E-state index is 13.4. The van der Waals surface area contributed by atoms with E-state index in [0.717, 1.165) is 48.6 Å². The molecule has 4 rings (SSSR count). The molecule has 1 aromatic heterocycles. The number of pyridine rings is 1. The topological polar surface area (TPSA) is 42.4 Å². The highest BCUT2D eigenvalue weighted by molar-refractivity contribution is 5.91. The molecule has 4 nitrogen and oxygen atoms in total. The Balaban J connectivity index is 1.64. The first-order valence-electron chi connectivity index (χ1n) is 10.1. The zero-order valence-corrected chi connectivity index (χ0v) is 16.8. The molecule has 0 N–H and O–H groups in total.